The van der Waals surface area contributed by atoms with Crippen molar-refractivity contribution in [3.05, 3.63) is 33.8 Å². The molecule has 0 saturated carbocycles. The molecular formula is C15H17BrN2O2. The maximum absolute atomic E-state index is 11.9. The molecule has 0 radical (unpaired) electrons. The lowest BCUT2D eigenvalue weighted by molar-refractivity contribution is 0.00817. The van der Waals surface area contributed by atoms with Crippen molar-refractivity contribution in [2.75, 3.05) is 13.1 Å². The monoisotopic (exact) mass is 336 g/mol. The Bertz CT molecular complexity index is 566. The van der Waals surface area contributed by atoms with Crippen molar-refractivity contribution in [1.82, 2.24) is 4.90 Å². The molecule has 1 amide bonds. The molecule has 2 rings (SSSR count). The van der Waals surface area contributed by atoms with Gasteiger partial charge in [-0.15, -0.1) is 0 Å². The van der Waals surface area contributed by atoms with Gasteiger partial charge in [-0.25, -0.2) is 4.79 Å². The first-order valence-electron chi connectivity index (χ1n) is 6.47. The molecule has 0 N–H and O–H groups in total. The van der Waals surface area contributed by atoms with Crippen LogP contribution in [0.2, 0.25) is 0 Å². The summed E-state index contributed by atoms with van der Waals surface area (Å²) in [7, 11) is 0. The Labute approximate surface area is 127 Å². The fourth-order valence-electron chi connectivity index (χ4n) is 2.13. The highest BCUT2D eigenvalue weighted by atomic mass is 79.9. The van der Waals surface area contributed by atoms with Crippen LogP contribution < -0.4 is 0 Å². The summed E-state index contributed by atoms with van der Waals surface area (Å²) in [4.78, 5) is 13.5. The molecule has 1 heterocycles. The van der Waals surface area contributed by atoms with Crippen LogP contribution in [0.3, 0.4) is 0 Å². The predicted octanol–water partition coefficient (Wildman–Crippen LogP) is 3.66. The Kier molecular flexibility index (Phi) is 4.05. The van der Waals surface area contributed by atoms with Gasteiger partial charge in [-0.3, -0.25) is 0 Å². The molecular weight excluding hydrogens is 320 g/mol. The average Bonchev–Trinajstić information content (AvgIpc) is 2.26. The van der Waals surface area contributed by atoms with Crippen molar-refractivity contribution in [3.63, 3.8) is 0 Å². The highest BCUT2D eigenvalue weighted by Gasteiger charge is 2.35. The molecule has 0 aromatic heterocycles. The first-order chi connectivity index (χ1) is 9.30. The second kappa shape index (κ2) is 5.45. The molecule has 106 valence electrons. The van der Waals surface area contributed by atoms with Crippen LogP contribution in [0.5, 0.6) is 0 Å². The summed E-state index contributed by atoms with van der Waals surface area (Å²) in [6, 6.07) is 7.88. The molecule has 0 spiro atoms. The smallest absolute Gasteiger partial charge is 0.410 e. The number of rotatable bonds is 1. The van der Waals surface area contributed by atoms with Gasteiger partial charge in [-0.2, -0.15) is 5.26 Å². The van der Waals surface area contributed by atoms with E-state index in [1.165, 1.54) is 0 Å². The van der Waals surface area contributed by atoms with Gasteiger partial charge in [-0.1, -0.05) is 22.0 Å². The van der Waals surface area contributed by atoms with E-state index in [0.717, 1.165) is 10.0 Å². The van der Waals surface area contributed by atoms with E-state index in [4.69, 9.17) is 10.00 Å². The van der Waals surface area contributed by atoms with Crippen LogP contribution in [-0.2, 0) is 4.74 Å². The molecule has 0 aliphatic carbocycles. The highest BCUT2D eigenvalue weighted by Crippen LogP contribution is 2.31. The molecule has 1 fully saturated rings. The van der Waals surface area contributed by atoms with Crippen LogP contribution >= 0.6 is 15.9 Å². The van der Waals surface area contributed by atoms with Gasteiger partial charge in [0.05, 0.1) is 11.6 Å². The van der Waals surface area contributed by atoms with Gasteiger partial charge in [0.1, 0.15) is 5.60 Å². The van der Waals surface area contributed by atoms with Gasteiger partial charge >= 0.3 is 6.09 Å². The Morgan fingerprint density at radius 1 is 1.45 bits per heavy atom. The maximum atomic E-state index is 11.9. The lowest BCUT2D eigenvalue weighted by Gasteiger charge is -2.40. The second-order valence-corrected chi connectivity index (χ2v) is 6.84. The topological polar surface area (TPSA) is 53.3 Å². The van der Waals surface area contributed by atoms with E-state index in [0.29, 0.717) is 18.7 Å². The summed E-state index contributed by atoms with van der Waals surface area (Å²) in [6.45, 7) is 6.76. The van der Waals surface area contributed by atoms with Crippen LogP contribution in [0.4, 0.5) is 4.79 Å². The SMILES string of the molecule is CC(C)(C)OC(=O)N1CC(c2ccc(Br)cc2C#N)C1. The standard InChI is InChI=1S/C15H17BrN2O2/c1-15(2,3)20-14(19)18-8-11(9-18)13-5-4-12(16)6-10(13)7-17/h4-6,11H,8-9H2,1-3H3. The number of ether oxygens (including phenoxy) is 1. The molecule has 5 heteroatoms. The van der Waals surface area contributed by atoms with Gasteiger partial charge in [0, 0.05) is 23.5 Å². The molecule has 1 saturated heterocycles. The Morgan fingerprint density at radius 3 is 2.65 bits per heavy atom. The third-order valence-electron chi connectivity index (χ3n) is 3.11. The van der Waals surface area contributed by atoms with Crippen LogP contribution in [0.15, 0.2) is 22.7 Å². The molecule has 1 aliphatic rings. The first kappa shape index (κ1) is 14.9. The van der Waals surface area contributed by atoms with Gasteiger partial charge in [0.15, 0.2) is 0 Å². The Morgan fingerprint density at radius 2 is 2.10 bits per heavy atom. The number of halogens is 1. The summed E-state index contributed by atoms with van der Waals surface area (Å²) < 4.78 is 6.21. The maximum Gasteiger partial charge on any atom is 0.410 e. The predicted molar refractivity (Wildman–Crippen MR) is 79.4 cm³/mol. The summed E-state index contributed by atoms with van der Waals surface area (Å²) in [5, 5.41) is 9.16. The van der Waals surface area contributed by atoms with Crippen LogP contribution in [0.1, 0.15) is 37.8 Å². The van der Waals surface area contributed by atoms with E-state index in [1.807, 2.05) is 39.0 Å². The number of hydrogen-bond acceptors (Lipinski definition) is 3. The van der Waals surface area contributed by atoms with Crippen molar-refractivity contribution >= 4 is 22.0 Å². The number of hydrogen-bond donors (Lipinski definition) is 0. The highest BCUT2D eigenvalue weighted by molar-refractivity contribution is 9.10. The normalized spacial score (nSPS) is 15.4. The van der Waals surface area contributed by atoms with E-state index in [1.54, 1.807) is 4.90 Å². The van der Waals surface area contributed by atoms with Crippen molar-refractivity contribution in [2.45, 2.75) is 32.3 Å². The van der Waals surface area contributed by atoms with Gasteiger partial charge in [0.25, 0.3) is 0 Å². The fraction of sp³-hybridized carbons (Fsp3) is 0.467. The minimum atomic E-state index is -0.475. The number of likely N-dealkylation sites (tertiary alicyclic amines) is 1. The lowest BCUT2D eigenvalue weighted by atomic mass is 9.89. The summed E-state index contributed by atoms with van der Waals surface area (Å²) >= 11 is 3.36. The summed E-state index contributed by atoms with van der Waals surface area (Å²) in [6.07, 6.45) is -0.288. The molecule has 1 aromatic rings. The zero-order chi connectivity index (χ0) is 14.9. The molecule has 0 unspecified atom stereocenters. The molecule has 20 heavy (non-hydrogen) atoms. The average molecular weight is 337 g/mol. The minimum Gasteiger partial charge on any atom is -0.444 e. The van der Waals surface area contributed by atoms with E-state index >= 15 is 0 Å². The summed E-state index contributed by atoms with van der Waals surface area (Å²) in [5.41, 5.74) is 1.18. The van der Waals surface area contributed by atoms with Crippen molar-refractivity contribution in [2.24, 2.45) is 0 Å². The second-order valence-electron chi connectivity index (χ2n) is 5.93. The van der Waals surface area contributed by atoms with Gasteiger partial charge in [-0.05, 0) is 38.5 Å². The number of nitriles is 1. The Balaban J connectivity index is 2.01. The van der Waals surface area contributed by atoms with E-state index < -0.39 is 5.60 Å². The van der Waals surface area contributed by atoms with Crippen molar-refractivity contribution < 1.29 is 9.53 Å². The van der Waals surface area contributed by atoms with Gasteiger partial charge in [0.2, 0.25) is 0 Å². The Hall–Kier alpha value is -1.54. The molecule has 0 atom stereocenters. The number of carbonyl (C=O) groups excluding carboxylic acids is 1. The lowest BCUT2D eigenvalue weighted by Crippen LogP contribution is -2.50. The molecule has 0 bridgehead atoms. The van der Waals surface area contributed by atoms with Crippen LogP contribution in [0, 0.1) is 11.3 Å². The molecule has 1 aliphatic heterocycles. The van der Waals surface area contributed by atoms with E-state index in [2.05, 4.69) is 22.0 Å². The number of benzene rings is 1. The zero-order valence-electron chi connectivity index (χ0n) is 11.8. The largest absolute Gasteiger partial charge is 0.444 e. The number of nitrogens with zero attached hydrogens (tertiary/aromatic N) is 2. The van der Waals surface area contributed by atoms with E-state index in [9.17, 15) is 4.79 Å². The quantitative estimate of drug-likeness (QED) is 0.786. The fourth-order valence-corrected chi connectivity index (χ4v) is 2.49. The van der Waals surface area contributed by atoms with Crippen LogP contribution in [-0.4, -0.2) is 29.7 Å². The van der Waals surface area contributed by atoms with Gasteiger partial charge < -0.3 is 9.64 Å². The zero-order valence-corrected chi connectivity index (χ0v) is 13.4. The first-order valence-corrected chi connectivity index (χ1v) is 7.27. The van der Waals surface area contributed by atoms with Crippen molar-refractivity contribution in [3.8, 4) is 6.07 Å². The van der Waals surface area contributed by atoms with E-state index in [-0.39, 0.29) is 12.0 Å². The number of carbonyl (C=O) groups is 1. The number of amides is 1. The third kappa shape index (κ3) is 3.31. The molecule has 1 aromatic carbocycles. The van der Waals surface area contributed by atoms with Crippen LogP contribution in [0.25, 0.3) is 0 Å². The third-order valence-corrected chi connectivity index (χ3v) is 3.60. The molecule has 4 nitrogen and oxygen atoms in total. The summed E-state index contributed by atoms with van der Waals surface area (Å²) in [5.74, 6) is 0.213. The van der Waals surface area contributed by atoms with Crippen molar-refractivity contribution in [1.29, 1.82) is 5.26 Å². The minimum absolute atomic E-state index is 0.213.